The zero-order valence-corrected chi connectivity index (χ0v) is 8.26. The molecule has 1 N–H and O–H groups in total. The fourth-order valence-electron chi connectivity index (χ4n) is 0.310. The normalized spacial score (nSPS) is 12.4. The molecule has 0 aromatic rings. The van der Waals surface area contributed by atoms with E-state index in [-0.39, 0.29) is 38.8 Å². The molecule has 0 amide bonds. The summed E-state index contributed by atoms with van der Waals surface area (Å²) in [6.07, 6.45) is 0.499. The Kier molecular flexibility index (Phi) is 11.8. The van der Waals surface area contributed by atoms with Gasteiger partial charge in [0.1, 0.15) is 0 Å². The predicted molar refractivity (Wildman–Crippen MR) is 28.2 cm³/mol. The van der Waals surface area contributed by atoms with Crippen LogP contribution in [0.1, 0.15) is 13.3 Å². The fourth-order valence-corrected chi connectivity index (χ4v) is 0.310. The first kappa shape index (κ1) is 11.8. The summed E-state index contributed by atoms with van der Waals surface area (Å²) in [5, 5.41) is 8.73. The maximum absolute atomic E-state index is 8.73. The van der Waals surface area contributed by atoms with Crippen LogP contribution in [-0.2, 0) is 37.4 Å². The molecule has 0 aliphatic carbocycles. The maximum Gasteiger partial charge on any atom is 0.0770 e. The Morgan fingerprint density at radius 1 is 1.62 bits per heavy atom. The van der Waals surface area contributed by atoms with E-state index < -0.39 is 0 Å². The van der Waals surface area contributed by atoms with Crippen LogP contribution >= 0.6 is 0 Å². The Morgan fingerprint density at radius 2 is 2.12 bits per heavy atom. The largest absolute Gasteiger partial charge is 0.391 e. The molecule has 0 saturated carbocycles. The molecule has 0 aliphatic rings. The van der Waals surface area contributed by atoms with Gasteiger partial charge in [0.05, 0.1) is 12.7 Å². The summed E-state index contributed by atoms with van der Waals surface area (Å²) in [6.45, 7) is 2.38. The average molecular weight is 193 g/mol. The number of aliphatic hydroxyl groups excluding tert-OH is 1. The molecule has 0 spiro atoms. The van der Waals surface area contributed by atoms with Gasteiger partial charge in [0, 0.05) is 39.8 Å². The molecule has 2 nitrogen and oxygen atoms in total. The first-order valence-electron chi connectivity index (χ1n) is 2.48. The van der Waals surface area contributed by atoms with Crippen LogP contribution in [0.2, 0.25) is 0 Å². The van der Waals surface area contributed by atoms with Crippen LogP contribution < -0.4 is 0 Å². The van der Waals surface area contributed by atoms with Crippen LogP contribution in [0.3, 0.4) is 0 Å². The molecule has 8 heavy (non-hydrogen) atoms. The summed E-state index contributed by atoms with van der Waals surface area (Å²) in [5.74, 6) is 0. The zero-order chi connectivity index (χ0) is 5.70. The summed E-state index contributed by atoms with van der Waals surface area (Å²) in [6, 6.07) is 0. The topological polar surface area (TPSA) is 29.5 Å². The van der Waals surface area contributed by atoms with E-state index in [9.17, 15) is 0 Å². The van der Waals surface area contributed by atoms with Gasteiger partial charge in [-0.3, -0.25) is 0 Å². The SMILES string of the molecule is CCC(O)COC.[Y]. The van der Waals surface area contributed by atoms with Crippen molar-refractivity contribution in [2.45, 2.75) is 19.4 Å². The first-order chi connectivity index (χ1) is 3.31. The molecular formula is C5H12O2Y. The number of aliphatic hydroxyl groups is 1. The minimum atomic E-state index is -0.273. The van der Waals surface area contributed by atoms with E-state index in [4.69, 9.17) is 5.11 Å². The van der Waals surface area contributed by atoms with Gasteiger partial charge in [0.25, 0.3) is 0 Å². The van der Waals surface area contributed by atoms with Crippen molar-refractivity contribution in [2.24, 2.45) is 0 Å². The van der Waals surface area contributed by atoms with E-state index in [0.29, 0.717) is 6.61 Å². The summed E-state index contributed by atoms with van der Waals surface area (Å²) >= 11 is 0. The molecule has 0 aromatic carbocycles. The molecule has 0 aromatic heterocycles. The quantitative estimate of drug-likeness (QED) is 0.702. The Labute approximate surface area is 75.5 Å². The van der Waals surface area contributed by atoms with Gasteiger partial charge in [-0.2, -0.15) is 0 Å². The summed E-state index contributed by atoms with van der Waals surface area (Å²) in [7, 11) is 1.58. The Hall–Kier alpha value is 1.02. The number of rotatable bonds is 3. The van der Waals surface area contributed by atoms with Crippen LogP contribution in [0.5, 0.6) is 0 Å². The van der Waals surface area contributed by atoms with Gasteiger partial charge in [0.15, 0.2) is 0 Å². The standard InChI is InChI=1S/C5H12O2.Y/c1-3-5(6)4-7-2;/h5-6H,3-4H2,1-2H3;. The second-order valence-electron chi connectivity index (χ2n) is 1.52. The second-order valence-corrected chi connectivity index (χ2v) is 1.52. The molecule has 0 aliphatic heterocycles. The number of methoxy groups -OCH3 is 1. The second kappa shape index (κ2) is 8.02. The Morgan fingerprint density at radius 3 is 2.25 bits per heavy atom. The first-order valence-corrected chi connectivity index (χ1v) is 2.48. The van der Waals surface area contributed by atoms with Crippen molar-refractivity contribution in [1.82, 2.24) is 0 Å². The predicted octanol–water partition coefficient (Wildman–Crippen LogP) is 0.401. The van der Waals surface area contributed by atoms with E-state index in [2.05, 4.69) is 4.74 Å². The Bertz CT molecular complexity index is 41.4. The van der Waals surface area contributed by atoms with E-state index in [1.807, 2.05) is 6.92 Å². The van der Waals surface area contributed by atoms with Crippen molar-refractivity contribution in [3.05, 3.63) is 0 Å². The Balaban J connectivity index is 0. The summed E-state index contributed by atoms with van der Waals surface area (Å²) < 4.78 is 4.64. The number of hydrogen-bond donors (Lipinski definition) is 1. The average Bonchev–Trinajstić information content (AvgIpc) is 1.68. The third-order valence-electron chi connectivity index (χ3n) is 0.830. The van der Waals surface area contributed by atoms with Gasteiger partial charge < -0.3 is 9.84 Å². The third kappa shape index (κ3) is 7.02. The van der Waals surface area contributed by atoms with Crippen LogP contribution in [0.4, 0.5) is 0 Å². The molecule has 0 rings (SSSR count). The van der Waals surface area contributed by atoms with Gasteiger partial charge in [-0.15, -0.1) is 0 Å². The van der Waals surface area contributed by atoms with Crippen LogP contribution in [0.25, 0.3) is 0 Å². The molecular weight excluding hydrogens is 181 g/mol. The summed E-state index contributed by atoms with van der Waals surface area (Å²) in [4.78, 5) is 0. The number of hydrogen-bond acceptors (Lipinski definition) is 2. The minimum absolute atomic E-state index is 0. The van der Waals surface area contributed by atoms with E-state index in [0.717, 1.165) is 6.42 Å². The molecule has 1 unspecified atom stereocenters. The van der Waals surface area contributed by atoms with E-state index >= 15 is 0 Å². The van der Waals surface area contributed by atoms with Crippen molar-refractivity contribution in [3.8, 4) is 0 Å². The van der Waals surface area contributed by atoms with Crippen molar-refractivity contribution in [3.63, 3.8) is 0 Å². The smallest absolute Gasteiger partial charge is 0.0770 e. The minimum Gasteiger partial charge on any atom is -0.391 e. The molecule has 0 fully saturated rings. The van der Waals surface area contributed by atoms with Crippen molar-refractivity contribution in [1.29, 1.82) is 0 Å². The molecule has 1 atom stereocenters. The number of ether oxygens (including phenoxy) is 1. The van der Waals surface area contributed by atoms with Gasteiger partial charge >= 0.3 is 0 Å². The van der Waals surface area contributed by atoms with Gasteiger partial charge in [-0.05, 0) is 6.42 Å². The molecule has 0 bridgehead atoms. The molecule has 1 radical (unpaired) electrons. The van der Waals surface area contributed by atoms with Crippen LogP contribution in [0.15, 0.2) is 0 Å². The van der Waals surface area contributed by atoms with E-state index in [1.54, 1.807) is 7.11 Å². The van der Waals surface area contributed by atoms with Crippen LogP contribution in [0, 0.1) is 0 Å². The van der Waals surface area contributed by atoms with Crippen LogP contribution in [-0.4, -0.2) is 24.9 Å². The molecule has 0 heterocycles. The zero-order valence-electron chi connectivity index (χ0n) is 5.42. The van der Waals surface area contributed by atoms with Gasteiger partial charge in [-0.25, -0.2) is 0 Å². The summed E-state index contributed by atoms with van der Waals surface area (Å²) in [5.41, 5.74) is 0. The molecule has 0 saturated heterocycles. The third-order valence-corrected chi connectivity index (χ3v) is 0.830. The van der Waals surface area contributed by atoms with Gasteiger partial charge in [-0.1, -0.05) is 6.92 Å². The van der Waals surface area contributed by atoms with Crippen molar-refractivity contribution >= 4 is 0 Å². The molecule has 3 heteroatoms. The van der Waals surface area contributed by atoms with Crippen molar-refractivity contribution < 1.29 is 42.6 Å². The maximum atomic E-state index is 8.73. The monoisotopic (exact) mass is 193 g/mol. The fraction of sp³-hybridized carbons (Fsp3) is 1.00. The van der Waals surface area contributed by atoms with Gasteiger partial charge in [0.2, 0.25) is 0 Å². The molecule has 47 valence electrons. The van der Waals surface area contributed by atoms with E-state index in [1.165, 1.54) is 0 Å². The van der Waals surface area contributed by atoms with Crippen molar-refractivity contribution in [2.75, 3.05) is 13.7 Å².